The van der Waals surface area contributed by atoms with Crippen LogP contribution in [0, 0.1) is 0 Å². The summed E-state index contributed by atoms with van der Waals surface area (Å²) in [5, 5.41) is 0. The van der Waals surface area contributed by atoms with Crippen molar-refractivity contribution in [1.82, 2.24) is 0 Å². The third kappa shape index (κ3) is 38.6. The van der Waals surface area contributed by atoms with E-state index in [4.69, 9.17) is 14.2 Å². The first-order chi connectivity index (χ1) is 25.5. The molecule has 0 aromatic heterocycles. The molecule has 0 aromatic rings. The zero-order chi connectivity index (χ0) is 38.0. The largest absolute Gasteiger partial charge is 0.462 e. The van der Waals surface area contributed by atoms with Crippen LogP contribution in [0.4, 0.5) is 0 Å². The van der Waals surface area contributed by atoms with Gasteiger partial charge >= 0.3 is 17.9 Å². The van der Waals surface area contributed by atoms with Crippen molar-refractivity contribution >= 4 is 17.9 Å². The Morgan fingerprint density at radius 3 is 1.31 bits per heavy atom. The van der Waals surface area contributed by atoms with E-state index in [2.05, 4.69) is 69.4 Å². The smallest absolute Gasteiger partial charge is 0.306 e. The third-order valence-corrected chi connectivity index (χ3v) is 9.04. The summed E-state index contributed by atoms with van der Waals surface area (Å²) >= 11 is 0. The zero-order valence-corrected chi connectivity index (χ0v) is 34.1. The molecule has 300 valence electrons. The number of esters is 3. The van der Waals surface area contributed by atoms with Crippen molar-refractivity contribution in [3.05, 3.63) is 48.6 Å². The quantitative estimate of drug-likeness (QED) is 0.0272. The number of hydrogen-bond acceptors (Lipinski definition) is 6. The van der Waals surface area contributed by atoms with E-state index in [1.165, 1.54) is 77.0 Å². The van der Waals surface area contributed by atoms with Crippen LogP contribution in [0.3, 0.4) is 0 Å². The lowest BCUT2D eigenvalue weighted by molar-refractivity contribution is -0.167. The fourth-order valence-electron chi connectivity index (χ4n) is 5.76. The maximum absolute atomic E-state index is 12.7. The molecule has 0 radical (unpaired) electrons. The van der Waals surface area contributed by atoms with Gasteiger partial charge in [0.05, 0.1) is 0 Å². The molecular weight excluding hydrogens is 648 g/mol. The van der Waals surface area contributed by atoms with Gasteiger partial charge < -0.3 is 14.2 Å². The number of carbonyl (C=O) groups excluding carboxylic acids is 3. The van der Waals surface area contributed by atoms with Crippen LogP contribution < -0.4 is 0 Å². The monoisotopic (exact) mass is 729 g/mol. The SMILES string of the molecule is CC/C=C\C/C=C\CCCCCCCCCC(=O)OCC(COC(=O)CCC/C=C\CCCCCC)OC(=O)CCCCCCC/C=C\CCCC. The Hall–Kier alpha value is -2.63. The van der Waals surface area contributed by atoms with E-state index in [1.54, 1.807) is 0 Å². The van der Waals surface area contributed by atoms with Crippen molar-refractivity contribution < 1.29 is 28.6 Å². The number of ether oxygens (including phenoxy) is 3. The number of unbranched alkanes of at least 4 members (excludes halogenated alkanes) is 19. The fraction of sp³-hybridized carbons (Fsp3) is 0.761. The van der Waals surface area contributed by atoms with Gasteiger partial charge in [-0.2, -0.15) is 0 Å². The summed E-state index contributed by atoms with van der Waals surface area (Å²) in [5.41, 5.74) is 0. The van der Waals surface area contributed by atoms with Crippen molar-refractivity contribution in [2.24, 2.45) is 0 Å². The molecule has 52 heavy (non-hydrogen) atoms. The van der Waals surface area contributed by atoms with Crippen LogP contribution >= 0.6 is 0 Å². The molecule has 0 aliphatic heterocycles. The average Bonchev–Trinajstić information content (AvgIpc) is 3.14. The molecule has 0 rings (SSSR count). The maximum Gasteiger partial charge on any atom is 0.306 e. The molecule has 0 aliphatic carbocycles. The average molecular weight is 729 g/mol. The Bertz CT molecular complexity index is 933. The van der Waals surface area contributed by atoms with E-state index >= 15 is 0 Å². The normalized spacial score (nSPS) is 12.4. The van der Waals surface area contributed by atoms with Gasteiger partial charge in [0, 0.05) is 19.3 Å². The van der Waals surface area contributed by atoms with Gasteiger partial charge in [-0.3, -0.25) is 14.4 Å². The second-order valence-electron chi connectivity index (χ2n) is 14.2. The molecule has 0 bridgehead atoms. The van der Waals surface area contributed by atoms with Crippen LogP contribution in [0.2, 0.25) is 0 Å². The molecule has 0 saturated heterocycles. The Morgan fingerprint density at radius 1 is 0.404 bits per heavy atom. The minimum atomic E-state index is -0.787. The summed E-state index contributed by atoms with van der Waals surface area (Å²) in [6.07, 6.45) is 46.7. The van der Waals surface area contributed by atoms with Crippen LogP contribution in [-0.4, -0.2) is 37.2 Å². The van der Waals surface area contributed by atoms with E-state index in [-0.39, 0.29) is 31.1 Å². The van der Waals surface area contributed by atoms with Gasteiger partial charge in [0.15, 0.2) is 6.10 Å². The predicted molar refractivity (Wildman–Crippen MR) is 219 cm³/mol. The Labute approximate surface area is 320 Å². The van der Waals surface area contributed by atoms with Crippen molar-refractivity contribution in [2.75, 3.05) is 13.2 Å². The molecule has 0 saturated carbocycles. The highest BCUT2D eigenvalue weighted by Crippen LogP contribution is 2.13. The van der Waals surface area contributed by atoms with Crippen LogP contribution in [-0.2, 0) is 28.6 Å². The van der Waals surface area contributed by atoms with Gasteiger partial charge in [-0.15, -0.1) is 0 Å². The molecule has 1 unspecified atom stereocenters. The summed E-state index contributed by atoms with van der Waals surface area (Å²) in [6, 6.07) is 0. The summed E-state index contributed by atoms with van der Waals surface area (Å²) in [5.74, 6) is -0.949. The van der Waals surface area contributed by atoms with Crippen LogP contribution in [0.1, 0.15) is 207 Å². The van der Waals surface area contributed by atoms with E-state index in [1.807, 2.05) is 0 Å². The van der Waals surface area contributed by atoms with Crippen molar-refractivity contribution in [3.8, 4) is 0 Å². The van der Waals surface area contributed by atoms with E-state index in [0.717, 1.165) is 83.5 Å². The second-order valence-corrected chi connectivity index (χ2v) is 14.2. The molecule has 0 amide bonds. The summed E-state index contributed by atoms with van der Waals surface area (Å²) in [4.78, 5) is 37.6. The fourth-order valence-corrected chi connectivity index (χ4v) is 5.76. The van der Waals surface area contributed by atoms with Gasteiger partial charge in [0.1, 0.15) is 13.2 Å². The molecule has 6 heteroatoms. The minimum Gasteiger partial charge on any atom is -0.462 e. The van der Waals surface area contributed by atoms with Crippen LogP contribution in [0.15, 0.2) is 48.6 Å². The highest BCUT2D eigenvalue weighted by molar-refractivity contribution is 5.71. The van der Waals surface area contributed by atoms with E-state index in [0.29, 0.717) is 25.7 Å². The third-order valence-electron chi connectivity index (χ3n) is 9.04. The number of hydrogen-bond donors (Lipinski definition) is 0. The van der Waals surface area contributed by atoms with Gasteiger partial charge in [-0.05, 0) is 83.5 Å². The van der Waals surface area contributed by atoms with E-state index in [9.17, 15) is 14.4 Å². The van der Waals surface area contributed by atoms with Crippen LogP contribution in [0.25, 0.3) is 0 Å². The molecule has 0 heterocycles. The Kier molecular flexibility index (Phi) is 39.1. The molecule has 0 spiro atoms. The summed E-state index contributed by atoms with van der Waals surface area (Å²) in [7, 11) is 0. The van der Waals surface area contributed by atoms with Crippen LogP contribution in [0.5, 0.6) is 0 Å². The second kappa shape index (κ2) is 41.1. The molecular formula is C46H80O6. The van der Waals surface area contributed by atoms with Crippen molar-refractivity contribution in [1.29, 1.82) is 0 Å². The summed E-state index contributed by atoms with van der Waals surface area (Å²) in [6.45, 7) is 6.40. The van der Waals surface area contributed by atoms with Gasteiger partial charge in [-0.1, -0.05) is 153 Å². The first-order valence-corrected chi connectivity index (χ1v) is 21.6. The molecule has 0 aromatic carbocycles. The first-order valence-electron chi connectivity index (χ1n) is 21.6. The molecule has 0 N–H and O–H groups in total. The lowest BCUT2D eigenvalue weighted by atomic mass is 10.1. The number of allylic oxidation sites excluding steroid dienone is 8. The lowest BCUT2D eigenvalue weighted by Gasteiger charge is -2.18. The minimum absolute atomic E-state index is 0.0895. The molecule has 0 fully saturated rings. The predicted octanol–water partition coefficient (Wildman–Crippen LogP) is 13.6. The van der Waals surface area contributed by atoms with Crippen molar-refractivity contribution in [3.63, 3.8) is 0 Å². The Morgan fingerprint density at radius 2 is 0.788 bits per heavy atom. The van der Waals surface area contributed by atoms with Crippen molar-refractivity contribution in [2.45, 2.75) is 213 Å². The van der Waals surface area contributed by atoms with Gasteiger partial charge in [-0.25, -0.2) is 0 Å². The van der Waals surface area contributed by atoms with E-state index < -0.39 is 6.10 Å². The highest BCUT2D eigenvalue weighted by Gasteiger charge is 2.19. The lowest BCUT2D eigenvalue weighted by Crippen LogP contribution is -2.30. The molecule has 6 nitrogen and oxygen atoms in total. The number of carbonyl (C=O) groups is 3. The number of rotatable bonds is 38. The topological polar surface area (TPSA) is 78.9 Å². The first kappa shape index (κ1) is 49.4. The Balaban J connectivity index is 4.40. The zero-order valence-electron chi connectivity index (χ0n) is 34.1. The highest BCUT2D eigenvalue weighted by atomic mass is 16.6. The standard InChI is InChI=1S/C46H80O6/c1-4-7-10-13-16-19-21-22-23-25-27-30-33-36-39-45(48)51-42-43(41-50-44(47)38-35-32-29-26-18-15-12-9-6-3)52-46(49)40-37-34-31-28-24-20-17-14-11-8-5-2/h7,10,14,16-17,19,26,29,43H,4-6,8-9,11-13,15,18,20-25,27-28,30-42H2,1-3H3/b10-7-,17-14-,19-16-,29-26-. The molecule has 1 atom stereocenters. The summed E-state index contributed by atoms with van der Waals surface area (Å²) < 4.78 is 16.6. The maximum atomic E-state index is 12.7. The van der Waals surface area contributed by atoms with Gasteiger partial charge in [0.2, 0.25) is 0 Å². The molecule has 0 aliphatic rings. The van der Waals surface area contributed by atoms with Gasteiger partial charge in [0.25, 0.3) is 0 Å².